The fourth-order valence-electron chi connectivity index (χ4n) is 0.679. The van der Waals surface area contributed by atoms with Gasteiger partial charge in [0.25, 0.3) is 0 Å². The van der Waals surface area contributed by atoms with E-state index < -0.39 is 0 Å². The summed E-state index contributed by atoms with van der Waals surface area (Å²) in [6, 6.07) is -0.238. The Kier molecular flexibility index (Phi) is 2.10. The number of carbonyl (C=O) groups is 1. The van der Waals surface area contributed by atoms with Gasteiger partial charge in [-0.25, -0.2) is 4.79 Å². The number of anilines is 1. The Labute approximate surface area is 64.4 Å². The van der Waals surface area contributed by atoms with Crippen molar-refractivity contribution in [2.24, 2.45) is 7.05 Å². The van der Waals surface area contributed by atoms with Gasteiger partial charge in [0.2, 0.25) is 0 Å². The number of carbonyl (C=O) groups excluding carboxylic acids is 1. The van der Waals surface area contributed by atoms with Crippen molar-refractivity contribution in [2.75, 3.05) is 12.4 Å². The second-order valence-electron chi connectivity index (χ2n) is 2.11. The van der Waals surface area contributed by atoms with Gasteiger partial charge in [0, 0.05) is 20.3 Å². The highest BCUT2D eigenvalue weighted by atomic mass is 16.2. The number of nitrogens with zero attached hydrogens (tertiary/aromatic N) is 2. The number of rotatable bonds is 1. The SMILES string of the molecule is CNC(=O)Nc1cnn(C)c1. The van der Waals surface area contributed by atoms with Crippen molar-refractivity contribution < 1.29 is 4.79 Å². The fraction of sp³-hybridized carbons (Fsp3) is 0.333. The number of amides is 2. The van der Waals surface area contributed by atoms with E-state index in [0.29, 0.717) is 5.69 Å². The van der Waals surface area contributed by atoms with Crippen LogP contribution in [0.1, 0.15) is 0 Å². The largest absolute Gasteiger partial charge is 0.341 e. The topological polar surface area (TPSA) is 59.0 Å². The average molecular weight is 154 g/mol. The molecule has 0 atom stereocenters. The van der Waals surface area contributed by atoms with E-state index in [4.69, 9.17) is 0 Å². The fourth-order valence-corrected chi connectivity index (χ4v) is 0.679. The Bertz CT molecular complexity index is 255. The van der Waals surface area contributed by atoms with Crippen LogP contribution in [0, 0.1) is 0 Å². The summed E-state index contributed by atoms with van der Waals surface area (Å²) in [5, 5.41) is 8.89. The predicted octanol–water partition coefficient (Wildman–Crippen LogP) is 0.171. The highest BCUT2D eigenvalue weighted by molar-refractivity contribution is 5.88. The van der Waals surface area contributed by atoms with Gasteiger partial charge in [-0.3, -0.25) is 4.68 Å². The smallest absolute Gasteiger partial charge is 0.319 e. The molecule has 60 valence electrons. The van der Waals surface area contributed by atoms with Gasteiger partial charge in [0.05, 0.1) is 11.9 Å². The van der Waals surface area contributed by atoms with E-state index in [1.807, 2.05) is 0 Å². The summed E-state index contributed by atoms with van der Waals surface area (Å²) >= 11 is 0. The zero-order valence-corrected chi connectivity index (χ0v) is 6.46. The molecule has 0 aliphatic rings. The maximum Gasteiger partial charge on any atom is 0.319 e. The number of aryl methyl sites for hydroxylation is 1. The summed E-state index contributed by atoms with van der Waals surface area (Å²) in [6.07, 6.45) is 3.30. The third-order valence-corrected chi connectivity index (χ3v) is 1.19. The van der Waals surface area contributed by atoms with Gasteiger partial charge in [-0.1, -0.05) is 0 Å². The lowest BCUT2D eigenvalue weighted by atomic mass is 10.6. The molecule has 1 aromatic rings. The maximum absolute atomic E-state index is 10.7. The van der Waals surface area contributed by atoms with E-state index in [2.05, 4.69) is 15.7 Å². The van der Waals surface area contributed by atoms with Crippen LogP contribution in [0.5, 0.6) is 0 Å². The van der Waals surface area contributed by atoms with Crippen LogP contribution < -0.4 is 10.6 Å². The number of aromatic nitrogens is 2. The van der Waals surface area contributed by atoms with Crippen molar-refractivity contribution in [1.29, 1.82) is 0 Å². The van der Waals surface area contributed by atoms with Crippen molar-refractivity contribution >= 4 is 11.7 Å². The van der Waals surface area contributed by atoms with E-state index in [1.165, 1.54) is 0 Å². The molecule has 5 heteroatoms. The first-order chi connectivity index (χ1) is 5.22. The van der Waals surface area contributed by atoms with Crippen molar-refractivity contribution in [3.8, 4) is 0 Å². The normalized spacial score (nSPS) is 9.27. The van der Waals surface area contributed by atoms with Crippen LogP contribution in [0.25, 0.3) is 0 Å². The molecule has 0 spiro atoms. The van der Waals surface area contributed by atoms with Gasteiger partial charge < -0.3 is 10.6 Å². The molecule has 0 bridgehead atoms. The predicted molar refractivity (Wildman–Crippen MR) is 41.3 cm³/mol. The Morgan fingerprint density at radius 2 is 2.45 bits per heavy atom. The quantitative estimate of drug-likeness (QED) is 0.605. The van der Waals surface area contributed by atoms with E-state index in [1.54, 1.807) is 31.2 Å². The molecule has 0 aromatic carbocycles. The van der Waals surface area contributed by atoms with Crippen LogP contribution in [-0.4, -0.2) is 22.9 Å². The maximum atomic E-state index is 10.7. The molecule has 0 unspecified atom stereocenters. The molecule has 1 aromatic heterocycles. The number of hydrogen-bond acceptors (Lipinski definition) is 2. The Balaban J connectivity index is 2.57. The molecule has 0 radical (unpaired) electrons. The monoisotopic (exact) mass is 154 g/mol. The summed E-state index contributed by atoms with van der Waals surface area (Å²) in [7, 11) is 3.35. The number of hydrogen-bond donors (Lipinski definition) is 2. The second-order valence-corrected chi connectivity index (χ2v) is 2.11. The van der Waals surface area contributed by atoms with Gasteiger partial charge >= 0.3 is 6.03 Å². The lowest BCUT2D eigenvalue weighted by molar-refractivity contribution is 0.254. The van der Waals surface area contributed by atoms with Gasteiger partial charge in [-0.05, 0) is 0 Å². The summed E-state index contributed by atoms with van der Waals surface area (Å²) in [5.41, 5.74) is 0.687. The van der Waals surface area contributed by atoms with Gasteiger partial charge in [-0.15, -0.1) is 0 Å². The van der Waals surface area contributed by atoms with Crippen LogP contribution >= 0.6 is 0 Å². The zero-order valence-electron chi connectivity index (χ0n) is 6.46. The van der Waals surface area contributed by atoms with Crippen LogP contribution in [0.4, 0.5) is 10.5 Å². The van der Waals surface area contributed by atoms with Crippen molar-refractivity contribution in [1.82, 2.24) is 15.1 Å². The van der Waals surface area contributed by atoms with Gasteiger partial charge in [-0.2, -0.15) is 5.10 Å². The molecule has 0 aliphatic heterocycles. The van der Waals surface area contributed by atoms with Crippen molar-refractivity contribution in [3.63, 3.8) is 0 Å². The standard InChI is InChI=1S/C6H10N4O/c1-7-6(11)9-5-3-8-10(2)4-5/h3-4H,1-2H3,(H2,7,9,11). The Morgan fingerprint density at radius 3 is 2.91 bits per heavy atom. The van der Waals surface area contributed by atoms with Crippen LogP contribution in [-0.2, 0) is 7.05 Å². The molecule has 1 heterocycles. The summed E-state index contributed by atoms with van der Waals surface area (Å²) in [6.45, 7) is 0. The first-order valence-electron chi connectivity index (χ1n) is 3.20. The molecule has 2 amide bonds. The summed E-state index contributed by atoms with van der Waals surface area (Å²) in [5.74, 6) is 0. The summed E-state index contributed by atoms with van der Waals surface area (Å²) in [4.78, 5) is 10.7. The van der Waals surface area contributed by atoms with E-state index >= 15 is 0 Å². The minimum Gasteiger partial charge on any atom is -0.341 e. The highest BCUT2D eigenvalue weighted by Crippen LogP contribution is 2.01. The Hall–Kier alpha value is -1.52. The molecule has 0 fully saturated rings. The molecule has 2 N–H and O–H groups in total. The zero-order chi connectivity index (χ0) is 8.27. The van der Waals surface area contributed by atoms with Crippen molar-refractivity contribution in [3.05, 3.63) is 12.4 Å². The van der Waals surface area contributed by atoms with E-state index in [0.717, 1.165) is 0 Å². The minimum atomic E-state index is -0.238. The van der Waals surface area contributed by atoms with E-state index in [9.17, 15) is 4.79 Å². The molecular weight excluding hydrogens is 144 g/mol. The van der Waals surface area contributed by atoms with E-state index in [-0.39, 0.29) is 6.03 Å². The minimum absolute atomic E-state index is 0.238. The van der Waals surface area contributed by atoms with Crippen LogP contribution in [0.2, 0.25) is 0 Å². The molecule has 0 saturated heterocycles. The Morgan fingerprint density at radius 1 is 1.73 bits per heavy atom. The molecule has 5 nitrogen and oxygen atoms in total. The lowest BCUT2D eigenvalue weighted by Gasteiger charge is -1.98. The summed E-state index contributed by atoms with van der Waals surface area (Å²) < 4.78 is 1.62. The highest BCUT2D eigenvalue weighted by Gasteiger charge is 1.98. The first kappa shape index (κ1) is 7.59. The second kappa shape index (κ2) is 3.05. The lowest BCUT2D eigenvalue weighted by Crippen LogP contribution is -2.24. The third-order valence-electron chi connectivity index (χ3n) is 1.19. The van der Waals surface area contributed by atoms with Crippen LogP contribution in [0.15, 0.2) is 12.4 Å². The number of urea groups is 1. The molecule has 0 saturated carbocycles. The molecular formula is C6H10N4O. The first-order valence-corrected chi connectivity index (χ1v) is 3.20. The molecule has 0 aliphatic carbocycles. The molecule has 1 rings (SSSR count). The molecule has 11 heavy (non-hydrogen) atoms. The van der Waals surface area contributed by atoms with Crippen LogP contribution in [0.3, 0.4) is 0 Å². The van der Waals surface area contributed by atoms with Gasteiger partial charge in [0.1, 0.15) is 0 Å². The average Bonchev–Trinajstić information content (AvgIpc) is 2.35. The number of nitrogens with one attached hydrogen (secondary N) is 2. The van der Waals surface area contributed by atoms with Crippen molar-refractivity contribution in [2.45, 2.75) is 0 Å². The third kappa shape index (κ3) is 1.96. The van der Waals surface area contributed by atoms with Gasteiger partial charge in [0.15, 0.2) is 0 Å².